The van der Waals surface area contributed by atoms with E-state index in [0.717, 1.165) is 32.1 Å². The third-order valence-electron chi connectivity index (χ3n) is 4.46. The monoisotopic (exact) mass is 346 g/mol. The van der Waals surface area contributed by atoms with Gasteiger partial charge < -0.3 is 20.1 Å². The summed E-state index contributed by atoms with van der Waals surface area (Å²) in [6.45, 7) is 4.52. The smallest absolute Gasteiger partial charge is 0.308 e. The zero-order valence-electron chi connectivity index (χ0n) is 15.1. The zero-order valence-corrected chi connectivity index (χ0v) is 15.1. The maximum Gasteiger partial charge on any atom is 0.308 e. The van der Waals surface area contributed by atoms with Crippen molar-refractivity contribution in [3.63, 3.8) is 0 Å². The van der Waals surface area contributed by atoms with E-state index in [4.69, 9.17) is 20.1 Å². The topological polar surface area (TPSA) is 104 Å². The SMILES string of the molecule is CCCCC(CC)COC(=O)C1CCCC(C(=O)O)C1.OCCO. The number of ether oxygens (including phenoxy) is 1. The van der Waals surface area contributed by atoms with Crippen LogP contribution in [0.25, 0.3) is 0 Å². The standard InChI is InChI=1S/C16H28O4.C2H6O2/c1-3-5-7-12(4-2)11-20-16(19)14-9-6-8-13(10-14)15(17)18;3-1-2-4/h12-14H,3-11H2,1-2H3,(H,17,18);3-4H,1-2H2. The van der Waals surface area contributed by atoms with E-state index in [0.29, 0.717) is 25.4 Å². The van der Waals surface area contributed by atoms with E-state index in [1.807, 2.05) is 0 Å². The van der Waals surface area contributed by atoms with Crippen LogP contribution in [0.4, 0.5) is 0 Å². The van der Waals surface area contributed by atoms with Gasteiger partial charge >= 0.3 is 11.9 Å². The highest BCUT2D eigenvalue weighted by Crippen LogP contribution is 2.30. The van der Waals surface area contributed by atoms with Crippen molar-refractivity contribution in [2.24, 2.45) is 17.8 Å². The number of aliphatic carboxylic acids is 1. The number of carbonyl (C=O) groups is 2. The molecule has 0 aliphatic heterocycles. The minimum Gasteiger partial charge on any atom is -0.481 e. The molecular weight excluding hydrogens is 312 g/mol. The van der Waals surface area contributed by atoms with Crippen LogP contribution in [0.5, 0.6) is 0 Å². The normalized spacial score (nSPS) is 21.3. The Morgan fingerprint density at radius 3 is 2.25 bits per heavy atom. The summed E-state index contributed by atoms with van der Waals surface area (Å²) in [5.41, 5.74) is 0. The van der Waals surface area contributed by atoms with Gasteiger partial charge in [-0.1, -0.05) is 39.5 Å². The lowest BCUT2D eigenvalue weighted by Crippen LogP contribution is -2.29. The second-order valence-corrected chi connectivity index (χ2v) is 6.39. The van der Waals surface area contributed by atoms with E-state index in [9.17, 15) is 9.59 Å². The fourth-order valence-electron chi connectivity index (χ4n) is 2.84. The summed E-state index contributed by atoms with van der Waals surface area (Å²) in [6.07, 6.45) is 7.16. The van der Waals surface area contributed by atoms with Gasteiger partial charge in [0.25, 0.3) is 0 Å². The van der Waals surface area contributed by atoms with Crippen LogP contribution in [-0.4, -0.2) is 47.1 Å². The van der Waals surface area contributed by atoms with Crippen molar-refractivity contribution in [1.29, 1.82) is 0 Å². The molecule has 0 aromatic heterocycles. The fraction of sp³-hybridized carbons (Fsp3) is 0.889. The van der Waals surface area contributed by atoms with Gasteiger partial charge in [-0.3, -0.25) is 9.59 Å². The first-order valence-electron chi connectivity index (χ1n) is 9.11. The molecule has 24 heavy (non-hydrogen) atoms. The van der Waals surface area contributed by atoms with E-state index < -0.39 is 5.97 Å². The van der Waals surface area contributed by atoms with Gasteiger partial charge in [-0.2, -0.15) is 0 Å². The Morgan fingerprint density at radius 1 is 1.12 bits per heavy atom. The summed E-state index contributed by atoms with van der Waals surface area (Å²) in [4.78, 5) is 23.0. The van der Waals surface area contributed by atoms with Crippen molar-refractivity contribution in [2.45, 2.75) is 65.2 Å². The molecule has 3 N–H and O–H groups in total. The van der Waals surface area contributed by atoms with E-state index >= 15 is 0 Å². The van der Waals surface area contributed by atoms with Crippen LogP contribution in [0.2, 0.25) is 0 Å². The predicted octanol–water partition coefficient (Wildman–Crippen LogP) is 2.61. The molecule has 1 saturated carbocycles. The third kappa shape index (κ3) is 9.88. The second kappa shape index (κ2) is 14.2. The van der Waals surface area contributed by atoms with Crippen LogP contribution in [0.15, 0.2) is 0 Å². The zero-order chi connectivity index (χ0) is 18.4. The molecule has 1 rings (SSSR count). The molecule has 3 atom stereocenters. The Bertz CT molecular complexity index is 342. The highest BCUT2D eigenvalue weighted by atomic mass is 16.5. The maximum atomic E-state index is 12.0. The van der Waals surface area contributed by atoms with Gasteiger partial charge in [-0.15, -0.1) is 0 Å². The molecule has 0 radical (unpaired) electrons. The number of aliphatic hydroxyl groups excluding tert-OH is 2. The molecule has 1 fully saturated rings. The molecule has 0 saturated heterocycles. The summed E-state index contributed by atoms with van der Waals surface area (Å²) in [7, 11) is 0. The van der Waals surface area contributed by atoms with Gasteiger partial charge in [0, 0.05) is 0 Å². The predicted molar refractivity (Wildman–Crippen MR) is 91.5 cm³/mol. The number of carboxylic acids is 1. The Labute approximate surface area is 145 Å². The van der Waals surface area contributed by atoms with Crippen molar-refractivity contribution < 1.29 is 29.6 Å². The highest BCUT2D eigenvalue weighted by molar-refractivity contribution is 5.75. The van der Waals surface area contributed by atoms with Gasteiger partial charge in [0.05, 0.1) is 31.7 Å². The average Bonchev–Trinajstić information content (AvgIpc) is 2.61. The first kappa shape index (κ1) is 22.9. The molecular formula is C18H34O6. The Hall–Kier alpha value is -1.14. The lowest BCUT2D eigenvalue weighted by Gasteiger charge is -2.25. The Kier molecular flexibility index (Phi) is 13.5. The van der Waals surface area contributed by atoms with Crippen molar-refractivity contribution >= 4 is 11.9 Å². The number of carboxylic acid groups (broad SMARTS) is 1. The summed E-state index contributed by atoms with van der Waals surface area (Å²) in [6, 6.07) is 0. The molecule has 6 heteroatoms. The number of esters is 1. The fourth-order valence-corrected chi connectivity index (χ4v) is 2.84. The number of hydrogen-bond donors (Lipinski definition) is 3. The van der Waals surface area contributed by atoms with Gasteiger partial charge in [0.2, 0.25) is 0 Å². The molecule has 0 bridgehead atoms. The Balaban J connectivity index is 0.00000118. The summed E-state index contributed by atoms with van der Waals surface area (Å²) >= 11 is 0. The van der Waals surface area contributed by atoms with Crippen molar-refractivity contribution in [3.05, 3.63) is 0 Å². The summed E-state index contributed by atoms with van der Waals surface area (Å²) in [5, 5.41) is 24.3. The van der Waals surface area contributed by atoms with Crippen LogP contribution in [0.3, 0.4) is 0 Å². The summed E-state index contributed by atoms with van der Waals surface area (Å²) < 4.78 is 5.43. The lowest BCUT2D eigenvalue weighted by atomic mass is 9.81. The number of rotatable bonds is 9. The first-order chi connectivity index (χ1) is 11.5. The number of carbonyl (C=O) groups excluding carboxylic acids is 1. The minimum absolute atomic E-state index is 0.125. The summed E-state index contributed by atoms with van der Waals surface area (Å²) in [5.74, 6) is -1.11. The van der Waals surface area contributed by atoms with Crippen molar-refractivity contribution in [2.75, 3.05) is 19.8 Å². The highest BCUT2D eigenvalue weighted by Gasteiger charge is 2.32. The van der Waals surface area contributed by atoms with Crippen LogP contribution in [0, 0.1) is 17.8 Å². The molecule has 142 valence electrons. The van der Waals surface area contributed by atoms with Crippen LogP contribution in [0.1, 0.15) is 65.2 Å². The maximum absolute atomic E-state index is 12.0. The first-order valence-corrected chi connectivity index (χ1v) is 9.11. The van der Waals surface area contributed by atoms with Gasteiger partial charge in [-0.25, -0.2) is 0 Å². The lowest BCUT2D eigenvalue weighted by molar-refractivity contribution is -0.153. The average molecular weight is 346 g/mol. The molecule has 0 heterocycles. The van der Waals surface area contributed by atoms with Crippen LogP contribution in [-0.2, 0) is 14.3 Å². The molecule has 0 aromatic rings. The van der Waals surface area contributed by atoms with Gasteiger partial charge in [-0.05, 0) is 31.6 Å². The number of hydrogen-bond acceptors (Lipinski definition) is 5. The van der Waals surface area contributed by atoms with Crippen LogP contribution >= 0.6 is 0 Å². The number of aliphatic hydroxyl groups is 2. The van der Waals surface area contributed by atoms with E-state index in [1.54, 1.807) is 0 Å². The largest absolute Gasteiger partial charge is 0.481 e. The second-order valence-electron chi connectivity index (χ2n) is 6.39. The molecule has 0 spiro atoms. The molecule has 3 unspecified atom stereocenters. The van der Waals surface area contributed by atoms with Crippen molar-refractivity contribution in [3.8, 4) is 0 Å². The molecule has 6 nitrogen and oxygen atoms in total. The van der Waals surface area contributed by atoms with E-state index in [2.05, 4.69) is 13.8 Å². The van der Waals surface area contributed by atoms with Crippen molar-refractivity contribution in [1.82, 2.24) is 0 Å². The molecule has 0 aromatic carbocycles. The minimum atomic E-state index is -0.781. The third-order valence-corrected chi connectivity index (χ3v) is 4.46. The quantitative estimate of drug-likeness (QED) is 0.554. The Morgan fingerprint density at radius 2 is 1.75 bits per heavy atom. The van der Waals surface area contributed by atoms with E-state index in [1.165, 1.54) is 6.42 Å². The van der Waals surface area contributed by atoms with Crippen LogP contribution < -0.4 is 0 Å². The van der Waals surface area contributed by atoms with Gasteiger partial charge in [0.1, 0.15) is 0 Å². The van der Waals surface area contributed by atoms with Gasteiger partial charge in [0.15, 0.2) is 0 Å². The van der Waals surface area contributed by atoms with E-state index in [-0.39, 0.29) is 31.0 Å². The molecule has 1 aliphatic rings. The number of unbranched alkanes of at least 4 members (excludes halogenated alkanes) is 1. The molecule has 1 aliphatic carbocycles. The molecule has 0 amide bonds.